The van der Waals surface area contributed by atoms with Crippen LogP contribution in [0.3, 0.4) is 0 Å². The largest absolute Gasteiger partial charge is 0.484 e. The summed E-state index contributed by atoms with van der Waals surface area (Å²) >= 11 is 2.17. The molecule has 0 radical (unpaired) electrons. The standard InChI is InChI=1S/C16H11IO3/c17-12-6-2-4-8-15(12)19-10-13(18)16-9-11-5-1-3-7-14(11)20-16/h1-9H,10H2. The number of rotatable bonds is 4. The normalized spacial score (nSPS) is 10.7. The Hall–Kier alpha value is -1.82. The van der Waals surface area contributed by atoms with E-state index in [1.165, 1.54) is 0 Å². The first kappa shape index (κ1) is 13.2. The highest BCUT2D eigenvalue weighted by Crippen LogP contribution is 2.21. The van der Waals surface area contributed by atoms with Crippen LogP contribution in [0.5, 0.6) is 5.75 Å². The van der Waals surface area contributed by atoms with Gasteiger partial charge < -0.3 is 9.15 Å². The van der Waals surface area contributed by atoms with Crippen molar-refractivity contribution in [3.8, 4) is 5.75 Å². The molecule has 20 heavy (non-hydrogen) atoms. The molecule has 3 nitrogen and oxygen atoms in total. The van der Waals surface area contributed by atoms with Crippen LogP contribution in [0, 0.1) is 3.57 Å². The summed E-state index contributed by atoms with van der Waals surface area (Å²) in [5, 5.41) is 0.921. The second kappa shape index (κ2) is 5.66. The molecule has 0 aliphatic rings. The molecular weight excluding hydrogens is 367 g/mol. The Kier molecular flexibility index (Phi) is 3.73. The van der Waals surface area contributed by atoms with Crippen LogP contribution in [0.4, 0.5) is 0 Å². The topological polar surface area (TPSA) is 39.4 Å². The number of Topliss-reactive ketones (excluding diaryl/α,β-unsaturated/α-hetero) is 1. The molecule has 0 bridgehead atoms. The third-order valence-electron chi connectivity index (χ3n) is 2.90. The van der Waals surface area contributed by atoms with Crippen molar-refractivity contribution in [3.63, 3.8) is 0 Å². The number of halogens is 1. The molecule has 0 N–H and O–H groups in total. The van der Waals surface area contributed by atoms with E-state index in [1.54, 1.807) is 6.07 Å². The Morgan fingerprint density at radius 3 is 2.65 bits per heavy atom. The molecule has 1 aromatic heterocycles. The van der Waals surface area contributed by atoms with E-state index in [9.17, 15) is 4.79 Å². The Morgan fingerprint density at radius 1 is 1.10 bits per heavy atom. The van der Waals surface area contributed by atoms with E-state index < -0.39 is 0 Å². The minimum atomic E-state index is -0.166. The molecule has 0 spiro atoms. The van der Waals surface area contributed by atoms with Crippen molar-refractivity contribution in [2.75, 3.05) is 6.61 Å². The second-order valence-corrected chi connectivity index (χ2v) is 5.45. The van der Waals surface area contributed by atoms with Crippen LogP contribution in [0.15, 0.2) is 59.0 Å². The molecule has 2 aromatic carbocycles. The first-order valence-corrected chi connectivity index (χ1v) is 7.21. The average molecular weight is 378 g/mol. The maximum absolute atomic E-state index is 12.1. The minimum absolute atomic E-state index is 0.0279. The van der Waals surface area contributed by atoms with Crippen molar-refractivity contribution in [2.24, 2.45) is 0 Å². The lowest BCUT2D eigenvalue weighted by Crippen LogP contribution is -2.11. The molecule has 3 rings (SSSR count). The summed E-state index contributed by atoms with van der Waals surface area (Å²) in [5.74, 6) is 0.871. The van der Waals surface area contributed by atoms with Crippen LogP contribution < -0.4 is 4.74 Å². The number of hydrogen-bond acceptors (Lipinski definition) is 3. The number of furan rings is 1. The average Bonchev–Trinajstić information content (AvgIpc) is 2.90. The lowest BCUT2D eigenvalue weighted by Gasteiger charge is -2.05. The van der Waals surface area contributed by atoms with Gasteiger partial charge in [0.25, 0.3) is 0 Å². The second-order valence-electron chi connectivity index (χ2n) is 4.29. The van der Waals surface area contributed by atoms with Crippen molar-refractivity contribution in [1.29, 1.82) is 0 Å². The van der Waals surface area contributed by atoms with E-state index in [0.717, 1.165) is 8.96 Å². The Balaban J connectivity index is 1.75. The van der Waals surface area contributed by atoms with Crippen molar-refractivity contribution in [1.82, 2.24) is 0 Å². The van der Waals surface area contributed by atoms with Crippen LogP contribution in [-0.4, -0.2) is 12.4 Å². The maximum atomic E-state index is 12.1. The summed E-state index contributed by atoms with van der Waals surface area (Å²) in [6, 6.07) is 16.9. The third kappa shape index (κ3) is 2.70. The number of fused-ring (bicyclic) bond motifs is 1. The smallest absolute Gasteiger partial charge is 0.235 e. The van der Waals surface area contributed by atoms with E-state index >= 15 is 0 Å². The Morgan fingerprint density at radius 2 is 1.85 bits per heavy atom. The summed E-state index contributed by atoms with van der Waals surface area (Å²) in [6.07, 6.45) is 0. The van der Waals surface area contributed by atoms with Gasteiger partial charge in [0, 0.05) is 5.39 Å². The molecule has 0 saturated carbocycles. The van der Waals surface area contributed by atoms with Crippen LogP contribution in [-0.2, 0) is 0 Å². The fourth-order valence-corrected chi connectivity index (χ4v) is 2.44. The molecule has 0 atom stereocenters. The van der Waals surface area contributed by atoms with E-state index in [-0.39, 0.29) is 12.4 Å². The van der Waals surface area contributed by atoms with E-state index in [2.05, 4.69) is 22.6 Å². The van der Waals surface area contributed by atoms with E-state index in [1.807, 2.05) is 48.5 Å². The van der Waals surface area contributed by atoms with Crippen molar-refractivity contribution in [2.45, 2.75) is 0 Å². The van der Waals surface area contributed by atoms with Gasteiger partial charge in [-0.25, -0.2) is 0 Å². The fraction of sp³-hybridized carbons (Fsp3) is 0.0625. The van der Waals surface area contributed by atoms with Crippen LogP contribution >= 0.6 is 22.6 Å². The molecule has 1 heterocycles. The summed E-state index contributed by atoms with van der Waals surface area (Å²) < 4.78 is 12.0. The van der Waals surface area contributed by atoms with Crippen molar-refractivity contribution >= 4 is 39.3 Å². The Labute approximate surface area is 129 Å². The lowest BCUT2D eigenvalue weighted by molar-refractivity contribution is 0.0895. The molecule has 100 valence electrons. The molecule has 4 heteroatoms. The van der Waals surface area contributed by atoms with Crippen molar-refractivity contribution in [3.05, 3.63) is 63.9 Å². The zero-order chi connectivity index (χ0) is 13.9. The third-order valence-corrected chi connectivity index (χ3v) is 3.79. The van der Waals surface area contributed by atoms with E-state index in [0.29, 0.717) is 17.1 Å². The SMILES string of the molecule is O=C(COc1ccccc1I)c1cc2ccccc2o1. The van der Waals surface area contributed by atoms with Gasteiger partial charge in [0.1, 0.15) is 11.3 Å². The number of carbonyl (C=O) groups excluding carboxylic acids is 1. The van der Waals surface area contributed by atoms with Gasteiger partial charge in [-0.2, -0.15) is 0 Å². The van der Waals surface area contributed by atoms with Gasteiger partial charge in [-0.05, 0) is 46.9 Å². The highest BCUT2D eigenvalue weighted by atomic mass is 127. The van der Waals surface area contributed by atoms with Gasteiger partial charge in [-0.15, -0.1) is 0 Å². The van der Waals surface area contributed by atoms with Gasteiger partial charge in [-0.3, -0.25) is 4.79 Å². The molecule has 3 aromatic rings. The summed E-state index contributed by atoms with van der Waals surface area (Å²) in [7, 11) is 0. The Bertz CT molecular complexity index is 728. The zero-order valence-electron chi connectivity index (χ0n) is 10.5. The molecule has 0 amide bonds. The van der Waals surface area contributed by atoms with Gasteiger partial charge in [-0.1, -0.05) is 30.3 Å². The summed E-state index contributed by atoms with van der Waals surface area (Å²) in [6.45, 7) is -0.0279. The summed E-state index contributed by atoms with van der Waals surface area (Å²) in [5.41, 5.74) is 0.713. The molecule has 0 aliphatic heterocycles. The predicted molar refractivity (Wildman–Crippen MR) is 85.2 cm³/mol. The fourth-order valence-electron chi connectivity index (χ4n) is 1.90. The molecule has 0 unspecified atom stereocenters. The molecule has 0 saturated heterocycles. The number of benzene rings is 2. The number of ether oxygens (including phenoxy) is 1. The molecular formula is C16H11IO3. The number of ketones is 1. The zero-order valence-corrected chi connectivity index (χ0v) is 12.7. The highest BCUT2D eigenvalue weighted by Gasteiger charge is 2.13. The highest BCUT2D eigenvalue weighted by molar-refractivity contribution is 14.1. The van der Waals surface area contributed by atoms with Crippen molar-refractivity contribution < 1.29 is 13.9 Å². The van der Waals surface area contributed by atoms with Crippen LogP contribution in [0.1, 0.15) is 10.6 Å². The minimum Gasteiger partial charge on any atom is -0.484 e. The molecule has 0 fully saturated rings. The monoisotopic (exact) mass is 378 g/mol. The van der Waals surface area contributed by atoms with Gasteiger partial charge in [0.05, 0.1) is 3.57 Å². The lowest BCUT2D eigenvalue weighted by atomic mass is 10.2. The first-order valence-electron chi connectivity index (χ1n) is 6.13. The maximum Gasteiger partial charge on any atom is 0.235 e. The number of carbonyl (C=O) groups is 1. The van der Waals surface area contributed by atoms with E-state index in [4.69, 9.17) is 9.15 Å². The predicted octanol–water partition coefficient (Wildman–Crippen LogP) is 4.30. The molecule has 0 aliphatic carbocycles. The van der Waals surface area contributed by atoms with Gasteiger partial charge in [0.15, 0.2) is 12.4 Å². The van der Waals surface area contributed by atoms with Gasteiger partial charge in [0.2, 0.25) is 5.78 Å². The quantitative estimate of drug-likeness (QED) is 0.502. The van der Waals surface area contributed by atoms with Crippen LogP contribution in [0.25, 0.3) is 11.0 Å². The van der Waals surface area contributed by atoms with Crippen LogP contribution in [0.2, 0.25) is 0 Å². The first-order chi connectivity index (χ1) is 9.74. The summed E-state index contributed by atoms with van der Waals surface area (Å²) in [4.78, 5) is 12.1. The number of hydrogen-bond donors (Lipinski definition) is 0. The number of para-hydroxylation sites is 2. The van der Waals surface area contributed by atoms with Gasteiger partial charge >= 0.3 is 0 Å².